The van der Waals surface area contributed by atoms with E-state index in [-0.39, 0.29) is 0 Å². The molecule has 1 aliphatic carbocycles. The van der Waals surface area contributed by atoms with Crippen LogP contribution in [0.15, 0.2) is 18.2 Å². The van der Waals surface area contributed by atoms with E-state index in [0.29, 0.717) is 10.8 Å². The molecule has 0 radical (unpaired) electrons. The summed E-state index contributed by atoms with van der Waals surface area (Å²) in [6.45, 7) is 2.35. The Bertz CT molecular complexity index is 435. The SMILES string of the molecule is CC1(C(N)Cc2ccc3c(c2)CCC3)CCCS1. The van der Waals surface area contributed by atoms with Gasteiger partial charge in [-0.2, -0.15) is 11.8 Å². The molecule has 1 aromatic rings. The van der Waals surface area contributed by atoms with Gasteiger partial charge in [0.15, 0.2) is 0 Å². The summed E-state index contributed by atoms with van der Waals surface area (Å²) in [5, 5.41) is 0. The molecule has 0 saturated carbocycles. The summed E-state index contributed by atoms with van der Waals surface area (Å²) >= 11 is 2.07. The third kappa shape index (κ3) is 2.33. The van der Waals surface area contributed by atoms with Gasteiger partial charge >= 0.3 is 0 Å². The first-order valence-electron chi connectivity index (χ1n) is 7.18. The Labute approximate surface area is 115 Å². The molecule has 0 spiro atoms. The van der Waals surface area contributed by atoms with Crippen molar-refractivity contribution in [1.29, 1.82) is 0 Å². The lowest BCUT2D eigenvalue weighted by Crippen LogP contribution is -2.42. The monoisotopic (exact) mass is 261 g/mol. The highest BCUT2D eigenvalue weighted by Crippen LogP contribution is 2.40. The average molecular weight is 261 g/mol. The molecule has 1 nitrogen and oxygen atoms in total. The van der Waals surface area contributed by atoms with Crippen molar-refractivity contribution in [1.82, 2.24) is 0 Å². The Balaban J connectivity index is 1.72. The van der Waals surface area contributed by atoms with Gasteiger partial charge in [-0.25, -0.2) is 0 Å². The van der Waals surface area contributed by atoms with Crippen molar-refractivity contribution in [2.24, 2.45) is 5.73 Å². The molecular formula is C16H23NS. The number of benzene rings is 1. The van der Waals surface area contributed by atoms with Crippen molar-refractivity contribution >= 4 is 11.8 Å². The second-order valence-corrected chi connectivity index (χ2v) is 7.66. The van der Waals surface area contributed by atoms with E-state index in [4.69, 9.17) is 5.73 Å². The Morgan fingerprint density at radius 3 is 2.89 bits per heavy atom. The summed E-state index contributed by atoms with van der Waals surface area (Å²) in [5.41, 5.74) is 11.0. The Hall–Kier alpha value is -0.470. The van der Waals surface area contributed by atoms with Crippen molar-refractivity contribution < 1.29 is 0 Å². The van der Waals surface area contributed by atoms with Crippen LogP contribution >= 0.6 is 11.8 Å². The molecular weight excluding hydrogens is 238 g/mol. The zero-order chi connectivity index (χ0) is 12.6. The molecule has 98 valence electrons. The fraction of sp³-hybridized carbons (Fsp3) is 0.625. The molecule has 18 heavy (non-hydrogen) atoms. The third-order valence-electron chi connectivity index (χ3n) is 4.65. The lowest BCUT2D eigenvalue weighted by atomic mass is 9.91. The molecule has 2 atom stereocenters. The summed E-state index contributed by atoms with van der Waals surface area (Å²) in [7, 11) is 0. The zero-order valence-corrected chi connectivity index (χ0v) is 12.1. The molecule has 1 aromatic carbocycles. The van der Waals surface area contributed by atoms with E-state index in [9.17, 15) is 0 Å². The standard InChI is InChI=1S/C16H23NS/c1-16(8-3-9-18-16)15(17)11-12-6-7-13-4-2-5-14(13)10-12/h6-7,10,15H,2-5,8-9,11,17H2,1H3. The first-order valence-corrected chi connectivity index (χ1v) is 8.16. The minimum Gasteiger partial charge on any atom is -0.326 e. The van der Waals surface area contributed by atoms with Gasteiger partial charge in [-0.3, -0.25) is 0 Å². The van der Waals surface area contributed by atoms with Crippen LogP contribution in [0.5, 0.6) is 0 Å². The number of hydrogen-bond donors (Lipinski definition) is 1. The largest absolute Gasteiger partial charge is 0.326 e. The number of rotatable bonds is 3. The van der Waals surface area contributed by atoms with Crippen molar-refractivity contribution in [2.75, 3.05) is 5.75 Å². The topological polar surface area (TPSA) is 26.0 Å². The summed E-state index contributed by atoms with van der Waals surface area (Å²) < 4.78 is 0.305. The Morgan fingerprint density at radius 1 is 1.28 bits per heavy atom. The van der Waals surface area contributed by atoms with Gasteiger partial charge < -0.3 is 5.73 Å². The van der Waals surface area contributed by atoms with Crippen LogP contribution in [0.4, 0.5) is 0 Å². The number of aryl methyl sites for hydroxylation is 2. The number of thioether (sulfide) groups is 1. The molecule has 0 aromatic heterocycles. The van der Waals surface area contributed by atoms with Crippen LogP contribution in [0.1, 0.15) is 42.9 Å². The van der Waals surface area contributed by atoms with Crippen LogP contribution in [-0.2, 0) is 19.3 Å². The second-order valence-electron chi connectivity index (χ2n) is 6.03. The first-order chi connectivity index (χ1) is 8.67. The van der Waals surface area contributed by atoms with Crippen molar-refractivity contribution in [3.63, 3.8) is 0 Å². The van der Waals surface area contributed by atoms with Crippen molar-refractivity contribution in [2.45, 2.75) is 56.2 Å². The fourth-order valence-electron chi connectivity index (χ4n) is 3.32. The molecule has 0 bridgehead atoms. The predicted molar refractivity (Wildman–Crippen MR) is 80.2 cm³/mol. The normalized spacial score (nSPS) is 28.3. The zero-order valence-electron chi connectivity index (χ0n) is 11.2. The van der Waals surface area contributed by atoms with E-state index in [1.165, 1.54) is 43.4 Å². The van der Waals surface area contributed by atoms with Gasteiger partial charge in [0.2, 0.25) is 0 Å². The third-order valence-corrected chi connectivity index (χ3v) is 6.31. The Kier molecular flexibility index (Phi) is 3.42. The number of fused-ring (bicyclic) bond motifs is 1. The minimum atomic E-state index is 0.296. The maximum Gasteiger partial charge on any atom is 0.0286 e. The molecule has 2 heteroatoms. The van der Waals surface area contributed by atoms with Gasteiger partial charge in [-0.1, -0.05) is 18.2 Å². The van der Waals surface area contributed by atoms with Crippen LogP contribution in [0.2, 0.25) is 0 Å². The van der Waals surface area contributed by atoms with E-state index in [2.05, 4.69) is 36.9 Å². The van der Waals surface area contributed by atoms with Gasteiger partial charge in [0.05, 0.1) is 0 Å². The summed E-state index contributed by atoms with van der Waals surface area (Å²) in [4.78, 5) is 0. The summed E-state index contributed by atoms with van der Waals surface area (Å²) in [6.07, 6.45) is 7.53. The number of nitrogens with two attached hydrogens (primary N) is 1. The van der Waals surface area contributed by atoms with Gasteiger partial charge in [-0.15, -0.1) is 0 Å². The molecule has 2 aliphatic rings. The van der Waals surface area contributed by atoms with E-state index in [1.807, 2.05) is 0 Å². The maximum absolute atomic E-state index is 6.47. The van der Waals surface area contributed by atoms with Crippen LogP contribution in [-0.4, -0.2) is 16.5 Å². The van der Waals surface area contributed by atoms with E-state index in [0.717, 1.165) is 6.42 Å². The fourth-order valence-corrected chi connectivity index (χ4v) is 4.66. The first kappa shape index (κ1) is 12.6. The van der Waals surface area contributed by atoms with Gasteiger partial charge in [0.1, 0.15) is 0 Å². The molecule has 2 N–H and O–H groups in total. The highest BCUT2D eigenvalue weighted by molar-refractivity contribution is 8.00. The Morgan fingerprint density at radius 2 is 2.11 bits per heavy atom. The predicted octanol–water partition coefficient (Wildman–Crippen LogP) is 3.33. The summed E-state index contributed by atoms with van der Waals surface area (Å²) in [6, 6.07) is 7.33. The van der Waals surface area contributed by atoms with E-state index >= 15 is 0 Å². The smallest absolute Gasteiger partial charge is 0.0286 e. The highest BCUT2D eigenvalue weighted by atomic mass is 32.2. The van der Waals surface area contributed by atoms with E-state index in [1.54, 1.807) is 11.1 Å². The summed E-state index contributed by atoms with van der Waals surface area (Å²) in [5.74, 6) is 1.29. The van der Waals surface area contributed by atoms with Crippen LogP contribution in [0, 0.1) is 0 Å². The average Bonchev–Trinajstić information content (AvgIpc) is 2.98. The van der Waals surface area contributed by atoms with Crippen molar-refractivity contribution in [3.05, 3.63) is 34.9 Å². The molecule has 0 amide bonds. The minimum absolute atomic E-state index is 0.296. The number of hydrogen-bond acceptors (Lipinski definition) is 2. The lowest BCUT2D eigenvalue weighted by Gasteiger charge is -2.30. The lowest BCUT2D eigenvalue weighted by molar-refractivity contribution is 0.482. The maximum atomic E-state index is 6.47. The molecule has 1 aliphatic heterocycles. The highest BCUT2D eigenvalue weighted by Gasteiger charge is 2.35. The van der Waals surface area contributed by atoms with Crippen molar-refractivity contribution in [3.8, 4) is 0 Å². The van der Waals surface area contributed by atoms with Crippen LogP contribution in [0.3, 0.4) is 0 Å². The molecule has 3 rings (SSSR count). The molecule has 1 fully saturated rings. The van der Waals surface area contributed by atoms with Gasteiger partial charge in [-0.05, 0) is 67.9 Å². The molecule has 1 heterocycles. The second kappa shape index (κ2) is 4.90. The van der Waals surface area contributed by atoms with Crippen LogP contribution < -0.4 is 5.73 Å². The van der Waals surface area contributed by atoms with Gasteiger partial charge in [0.25, 0.3) is 0 Å². The van der Waals surface area contributed by atoms with E-state index < -0.39 is 0 Å². The van der Waals surface area contributed by atoms with Gasteiger partial charge in [0, 0.05) is 10.8 Å². The quantitative estimate of drug-likeness (QED) is 0.903. The molecule has 2 unspecified atom stereocenters. The van der Waals surface area contributed by atoms with Crippen LogP contribution in [0.25, 0.3) is 0 Å². The molecule has 1 saturated heterocycles.